The summed E-state index contributed by atoms with van der Waals surface area (Å²) in [4.78, 5) is 13.0. The van der Waals surface area contributed by atoms with Gasteiger partial charge in [0.25, 0.3) is 0 Å². The van der Waals surface area contributed by atoms with Crippen molar-refractivity contribution in [2.24, 2.45) is 0 Å². The Morgan fingerprint density at radius 3 is 2.52 bits per heavy atom. The quantitative estimate of drug-likeness (QED) is 0.594. The first-order valence-electron chi connectivity index (χ1n) is 8.29. The molecule has 7 heteroatoms. The molecule has 2 aromatic carbocycles. The number of aliphatic hydroxyl groups is 1. The molecule has 27 heavy (non-hydrogen) atoms. The Morgan fingerprint density at radius 1 is 1.07 bits per heavy atom. The number of hydrogen-bond acceptors (Lipinski definition) is 5. The molecular weight excluding hydrogens is 382 g/mol. The van der Waals surface area contributed by atoms with Gasteiger partial charge in [0.2, 0.25) is 10.0 Å². The minimum Gasteiger partial charge on any atom is -0.383 e. The average Bonchev–Trinajstić information content (AvgIpc) is 3.16. The van der Waals surface area contributed by atoms with Crippen molar-refractivity contribution < 1.29 is 18.3 Å². The number of sulfonamides is 1. The third-order valence-corrected chi connectivity index (χ3v) is 6.59. The molecule has 0 fully saturated rings. The Balaban J connectivity index is 1.71. The largest absolute Gasteiger partial charge is 0.383 e. The Labute approximate surface area is 162 Å². The monoisotopic (exact) mass is 401 g/mol. The number of carbonyl (C=O) groups is 1. The SMILES string of the molecule is CC(=O)c1cccc(S(=O)(=O)NCc2ccc([C@@H](O)c3ccccc3)s2)c1. The summed E-state index contributed by atoms with van der Waals surface area (Å²) < 4.78 is 27.5. The molecule has 0 radical (unpaired) electrons. The number of thiophene rings is 1. The van der Waals surface area contributed by atoms with Crippen molar-refractivity contribution in [3.05, 3.63) is 87.6 Å². The molecule has 1 atom stereocenters. The lowest BCUT2D eigenvalue weighted by atomic mass is 10.1. The van der Waals surface area contributed by atoms with Crippen LogP contribution in [0, 0.1) is 0 Å². The summed E-state index contributed by atoms with van der Waals surface area (Å²) in [6.07, 6.45) is -0.742. The highest BCUT2D eigenvalue weighted by atomic mass is 32.2. The molecule has 3 rings (SSSR count). The van der Waals surface area contributed by atoms with Crippen LogP contribution in [0.15, 0.2) is 71.6 Å². The molecule has 0 aliphatic rings. The fourth-order valence-electron chi connectivity index (χ4n) is 2.57. The van der Waals surface area contributed by atoms with Gasteiger partial charge in [0, 0.05) is 21.9 Å². The van der Waals surface area contributed by atoms with Crippen molar-refractivity contribution in [2.45, 2.75) is 24.5 Å². The number of hydrogen-bond donors (Lipinski definition) is 2. The zero-order chi connectivity index (χ0) is 19.4. The fourth-order valence-corrected chi connectivity index (χ4v) is 4.68. The van der Waals surface area contributed by atoms with E-state index in [1.54, 1.807) is 24.3 Å². The van der Waals surface area contributed by atoms with Gasteiger partial charge in [-0.3, -0.25) is 4.79 Å². The van der Waals surface area contributed by atoms with Crippen LogP contribution in [0.5, 0.6) is 0 Å². The highest BCUT2D eigenvalue weighted by Crippen LogP contribution is 2.28. The van der Waals surface area contributed by atoms with Crippen LogP contribution in [-0.4, -0.2) is 19.3 Å². The minimum atomic E-state index is -3.74. The molecule has 2 N–H and O–H groups in total. The molecule has 0 amide bonds. The lowest BCUT2D eigenvalue weighted by molar-refractivity contribution is 0.101. The molecule has 140 valence electrons. The molecule has 0 saturated carbocycles. The predicted molar refractivity (Wildman–Crippen MR) is 105 cm³/mol. The van der Waals surface area contributed by atoms with Gasteiger partial charge in [0.05, 0.1) is 4.90 Å². The normalized spacial score (nSPS) is 12.7. The van der Waals surface area contributed by atoms with Crippen molar-refractivity contribution in [1.29, 1.82) is 0 Å². The second-order valence-electron chi connectivity index (χ2n) is 6.03. The van der Waals surface area contributed by atoms with E-state index in [9.17, 15) is 18.3 Å². The van der Waals surface area contributed by atoms with Gasteiger partial charge in [-0.05, 0) is 36.8 Å². The summed E-state index contributed by atoms with van der Waals surface area (Å²) >= 11 is 1.35. The molecule has 5 nitrogen and oxygen atoms in total. The van der Waals surface area contributed by atoms with E-state index in [1.807, 2.05) is 30.3 Å². The van der Waals surface area contributed by atoms with Crippen LogP contribution in [0.25, 0.3) is 0 Å². The smallest absolute Gasteiger partial charge is 0.240 e. The first kappa shape index (κ1) is 19.4. The van der Waals surface area contributed by atoms with E-state index in [1.165, 1.54) is 30.4 Å². The molecule has 0 aliphatic heterocycles. The summed E-state index contributed by atoms with van der Waals surface area (Å²) in [6.45, 7) is 1.50. The van der Waals surface area contributed by atoms with Gasteiger partial charge in [0.1, 0.15) is 6.10 Å². The van der Waals surface area contributed by atoms with Crippen molar-refractivity contribution >= 4 is 27.1 Å². The Morgan fingerprint density at radius 2 is 1.81 bits per heavy atom. The maximum absolute atomic E-state index is 12.5. The van der Waals surface area contributed by atoms with Crippen LogP contribution in [0.1, 0.15) is 38.7 Å². The van der Waals surface area contributed by atoms with Crippen LogP contribution in [0.2, 0.25) is 0 Å². The molecule has 0 aliphatic carbocycles. The van der Waals surface area contributed by atoms with E-state index < -0.39 is 16.1 Å². The van der Waals surface area contributed by atoms with E-state index in [0.717, 1.165) is 15.3 Å². The summed E-state index contributed by atoms with van der Waals surface area (Å²) in [5, 5.41) is 10.4. The standard InChI is InChI=1S/C20H19NO4S2/c1-14(22)16-8-5-9-18(12-16)27(24,25)21-13-17-10-11-19(26-17)20(23)15-6-3-2-4-7-15/h2-12,20-21,23H,13H2,1H3/t20-/m0/s1. The first-order valence-corrected chi connectivity index (χ1v) is 10.6. The van der Waals surface area contributed by atoms with E-state index in [4.69, 9.17) is 0 Å². The highest BCUT2D eigenvalue weighted by molar-refractivity contribution is 7.89. The van der Waals surface area contributed by atoms with Gasteiger partial charge in [-0.1, -0.05) is 42.5 Å². The molecule has 0 spiro atoms. The molecule has 3 aromatic rings. The maximum atomic E-state index is 12.5. The summed E-state index contributed by atoms with van der Waals surface area (Å²) in [5.74, 6) is -0.190. The van der Waals surface area contributed by atoms with E-state index >= 15 is 0 Å². The molecule has 1 heterocycles. The fraction of sp³-hybridized carbons (Fsp3) is 0.150. The lowest BCUT2D eigenvalue weighted by Gasteiger charge is -2.08. The Bertz CT molecular complexity index is 1040. The predicted octanol–water partition coefficient (Wildman–Crippen LogP) is 3.51. The lowest BCUT2D eigenvalue weighted by Crippen LogP contribution is -2.23. The summed E-state index contributed by atoms with van der Waals surface area (Å²) in [5.41, 5.74) is 1.13. The van der Waals surface area contributed by atoms with Gasteiger partial charge in [-0.2, -0.15) is 0 Å². The highest BCUT2D eigenvalue weighted by Gasteiger charge is 2.17. The van der Waals surface area contributed by atoms with Gasteiger partial charge >= 0.3 is 0 Å². The average molecular weight is 402 g/mol. The van der Waals surface area contributed by atoms with Crippen LogP contribution >= 0.6 is 11.3 Å². The molecule has 1 aromatic heterocycles. The number of aliphatic hydroxyl groups excluding tert-OH is 1. The number of ketones is 1. The van der Waals surface area contributed by atoms with Crippen molar-refractivity contribution in [3.63, 3.8) is 0 Å². The van der Waals surface area contributed by atoms with Gasteiger partial charge in [0.15, 0.2) is 5.78 Å². The molecular formula is C20H19NO4S2. The van der Waals surface area contributed by atoms with Gasteiger partial charge in [-0.15, -0.1) is 11.3 Å². The zero-order valence-corrected chi connectivity index (χ0v) is 16.3. The van der Waals surface area contributed by atoms with Crippen LogP contribution in [0.3, 0.4) is 0 Å². The van der Waals surface area contributed by atoms with Crippen LogP contribution < -0.4 is 4.72 Å². The second-order valence-corrected chi connectivity index (χ2v) is 8.99. The first-order chi connectivity index (χ1) is 12.9. The number of nitrogens with one attached hydrogen (secondary N) is 1. The minimum absolute atomic E-state index is 0.0521. The summed E-state index contributed by atoms with van der Waals surface area (Å²) in [7, 11) is -3.74. The zero-order valence-electron chi connectivity index (χ0n) is 14.6. The second kappa shape index (κ2) is 8.14. The number of Topliss-reactive ketones (excluding diaryl/α,β-unsaturated/α-hetero) is 1. The topological polar surface area (TPSA) is 83.5 Å². The van der Waals surface area contributed by atoms with Crippen molar-refractivity contribution in [3.8, 4) is 0 Å². The summed E-state index contributed by atoms with van der Waals surface area (Å²) in [6, 6.07) is 18.8. The van der Waals surface area contributed by atoms with E-state index in [0.29, 0.717) is 5.56 Å². The number of rotatable bonds is 7. The van der Waals surface area contributed by atoms with Crippen LogP contribution in [0.4, 0.5) is 0 Å². The van der Waals surface area contributed by atoms with Crippen LogP contribution in [-0.2, 0) is 16.6 Å². The Hall–Kier alpha value is -2.32. The molecule has 0 unspecified atom stereocenters. The Kier molecular flexibility index (Phi) is 5.86. The third kappa shape index (κ3) is 4.70. The van der Waals surface area contributed by atoms with Crippen molar-refractivity contribution in [1.82, 2.24) is 4.72 Å². The molecule has 0 saturated heterocycles. The van der Waals surface area contributed by atoms with Gasteiger partial charge < -0.3 is 5.11 Å². The number of carbonyl (C=O) groups excluding carboxylic acids is 1. The van der Waals surface area contributed by atoms with E-state index in [-0.39, 0.29) is 17.2 Å². The van der Waals surface area contributed by atoms with Crippen molar-refractivity contribution in [2.75, 3.05) is 0 Å². The van der Waals surface area contributed by atoms with Gasteiger partial charge in [-0.25, -0.2) is 13.1 Å². The molecule has 0 bridgehead atoms. The maximum Gasteiger partial charge on any atom is 0.240 e. The number of benzene rings is 2. The third-order valence-electron chi connectivity index (χ3n) is 4.05. The van der Waals surface area contributed by atoms with E-state index in [2.05, 4.69) is 4.72 Å².